The van der Waals surface area contributed by atoms with E-state index in [4.69, 9.17) is 27.9 Å². The Morgan fingerprint density at radius 3 is 2.74 bits per heavy atom. The second kappa shape index (κ2) is 6.55. The van der Waals surface area contributed by atoms with Gasteiger partial charge in [0.1, 0.15) is 10.3 Å². The maximum absolute atomic E-state index is 12.1. The molecule has 104 valence electrons. The minimum Gasteiger partial charge on any atom is -0.381 e. The molecule has 0 aromatic carbocycles. The standard InChI is InChI=1S/C13H16Cl2N2O2/c1-8(9-4-6-19-7-5-9)16-13(18)10-2-3-11(14)17-12(10)15/h2-3,8-9H,4-7H2,1H3,(H,16,18). The summed E-state index contributed by atoms with van der Waals surface area (Å²) in [7, 11) is 0. The summed E-state index contributed by atoms with van der Waals surface area (Å²) in [5, 5.41) is 3.37. The second-order valence-electron chi connectivity index (χ2n) is 4.68. The van der Waals surface area contributed by atoms with Gasteiger partial charge < -0.3 is 10.1 Å². The molecular weight excluding hydrogens is 287 g/mol. The Morgan fingerprint density at radius 2 is 2.11 bits per heavy atom. The van der Waals surface area contributed by atoms with Crippen molar-refractivity contribution in [3.63, 3.8) is 0 Å². The molecule has 1 atom stereocenters. The quantitative estimate of drug-likeness (QED) is 0.874. The topological polar surface area (TPSA) is 51.2 Å². The van der Waals surface area contributed by atoms with E-state index in [0.717, 1.165) is 26.1 Å². The minimum absolute atomic E-state index is 0.0862. The molecule has 1 aliphatic heterocycles. The predicted molar refractivity (Wildman–Crippen MR) is 74.7 cm³/mol. The van der Waals surface area contributed by atoms with Crippen molar-refractivity contribution < 1.29 is 9.53 Å². The number of pyridine rings is 1. The van der Waals surface area contributed by atoms with Gasteiger partial charge in [0.15, 0.2) is 0 Å². The molecule has 6 heteroatoms. The van der Waals surface area contributed by atoms with E-state index in [1.807, 2.05) is 6.92 Å². The van der Waals surface area contributed by atoms with E-state index in [9.17, 15) is 4.79 Å². The lowest BCUT2D eigenvalue weighted by atomic mass is 9.93. The number of amides is 1. The van der Waals surface area contributed by atoms with Gasteiger partial charge in [-0.1, -0.05) is 23.2 Å². The van der Waals surface area contributed by atoms with Crippen molar-refractivity contribution in [2.24, 2.45) is 5.92 Å². The first-order valence-electron chi connectivity index (χ1n) is 6.28. The summed E-state index contributed by atoms with van der Waals surface area (Å²) in [5.41, 5.74) is 0.352. The van der Waals surface area contributed by atoms with E-state index in [1.165, 1.54) is 0 Å². The molecule has 4 nitrogen and oxygen atoms in total. The molecule has 19 heavy (non-hydrogen) atoms. The number of nitrogens with zero attached hydrogens (tertiary/aromatic N) is 1. The molecule has 0 bridgehead atoms. The molecule has 1 saturated heterocycles. The van der Waals surface area contributed by atoms with Gasteiger partial charge in [0.25, 0.3) is 5.91 Å². The summed E-state index contributed by atoms with van der Waals surface area (Å²) < 4.78 is 5.31. The van der Waals surface area contributed by atoms with Crippen LogP contribution in [0.5, 0.6) is 0 Å². The molecular formula is C13H16Cl2N2O2. The third kappa shape index (κ3) is 3.81. The summed E-state index contributed by atoms with van der Waals surface area (Å²) in [6.45, 7) is 3.52. The van der Waals surface area contributed by atoms with Crippen LogP contribution in [0.15, 0.2) is 12.1 Å². The van der Waals surface area contributed by atoms with Gasteiger partial charge in [0.05, 0.1) is 5.56 Å². The molecule has 1 N–H and O–H groups in total. The molecule has 1 amide bonds. The van der Waals surface area contributed by atoms with Crippen LogP contribution in [0.2, 0.25) is 10.3 Å². The molecule has 1 aromatic rings. The highest BCUT2D eigenvalue weighted by Gasteiger charge is 2.23. The second-order valence-corrected chi connectivity index (χ2v) is 5.43. The van der Waals surface area contributed by atoms with Crippen LogP contribution in [0.1, 0.15) is 30.1 Å². The van der Waals surface area contributed by atoms with Crippen molar-refractivity contribution in [1.82, 2.24) is 10.3 Å². The number of nitrogens with one attached hydrogen (secondary N) is 1. The van der Waals surface area contributed by atoms with E-state index in [1.54, 1.807) is 12.1 Å². The van der Waals surface area contributed by atoms with Crippen LogP contribution in [0.3, 0.4) is 0 Å². The van der Waals surface area contributed by atoms with E-state index in [0.29, 0.717) is 11.5 Å². The van der Waals surface area contributed by atoms with Crippen LogP contribution >= 0.6 is 23.2 Å². The zero-order valence-corrected chi connectivity index (χ0v) is 12.2. The van der Waals surface area contributed by atoms with Gasteiger partial charge in [-0.3, -0.25) is 4.79 Å². The SMILES string of the molecule is CC(NC(=O)c1ccc(Cl)nc1Cl)C1CCOCC1. The number of halogens is 2. The highest BCUT2D eigenvalue weighted by atomic mass is 35.5. The lowest BCUT2D eigenvalue weighted by Crippen LogP contribution is -2.40. The summed E-state index contributed by atoms with van der Waals surface area (Å²) in [5.74, 6) is 0.227. The predicted octanol–water partition coefficient (Wildman–Crippen LogP) is 2.93. The summed E-state index contributed by atoms with van der Waals surface area (Å²) in [6, 6.07) is 3.23. The number of aromatic nitrogens is 1. The van der Waals surface area contributed by atoms with E-state index in [-0.39, 0.29) is 22.3 Å². The first kappa shape index (κ1) is 14.6. The molecule has 1 unspecified atom stereocenters. The Bertz CT molecular complexity index is 462. The molecule has 2 heterocycles. The molecule has 1 fully saturated rings. The average Bonchev–Trinajstić information content (AvgIpc) is 2.39. The minimum atomic E-state index is -0.215. The molecule has 0 spiro atoms. The smallest absolute Gasteiger partial charge is 0.254 e. The molecule has 0 radical (unpaired) electrons. The van der Waals surface area contributed by atoms with Crippen LogP contribution in [0.25, 0.3) is 0 Å². The van der Waals surface area contributed by atoms with Crippen LogP contribution in [0.4, 0.5) is 0 Å². The Balaban J connectivity index is 1.99. The van der Waals surface area contributed by atoms with Crippen molar-refractivity contribution in [3.8, 4) is 0 Å². The first-order chi connectivity index (χ1) is 9.08. The molecule has 0 aliphatic carbocycles. The zero-order chi connectivity index (χ0) is 13.8. The number of carbonyl (C=O) groups is 1. The first-order valence-corrected chi connectivity index (χ1v) is 7.04. The highest BCUT2D eigenvalue weighted by Crippen LogP contribution is 2.20. The van der Waals surface area contributed by atoms with Crippen molar-refractivity contribution >= 4 is 29.1 Å². The van der Waals surface area contributed by atoms with Gasteiger partial charge in [-0.05, 0) is 37.8 Å². The average molecular weight is 303 g/mol. The van der Waals surface area contributed by atoms with Crippen LogP contribution in [0, 0.1) is 5.92 Å². The Kier molecular flexibility index (Phi) is 5.02. The Hall–Kier alpha value is -0.840. The maximum atomic E-state index is 12.1. The van der Waals surface area contributed by atoms with Gasteiger partial charge >= 0.3 is 0 Å². The van der Waals surface area contributed by atoms with Gasteiger partial charge in [-0.2, -0.15) is 0 Å². The Morgan fingerprint density at radius 1 is 1.42 bits per heavy atom. The van der Waals surface area contributed by atoms with Gasteiger partial charge in [-0.15, -0.1) is 0 Å². The van der Waals surface area contributed by atoms with Crippen molar-refractivity contribution in [3.05, 3.63) is 28.0 Å². The van der Waals surface area contributed by atoms with E-state index >= 15 is 0 Å². The lowest BCUT2D eigenvalue weighted by molar-refractivity contribution is 0.0538. The highest BCUT2D eigenvalue weighted by molar-refractivity contribution is 6.34. The van der Waals surface area contributed by atoms with Crippen LogP contribution < -0.4 is 5.32 Å². The van der Waals surface area contributed by atoms with Crippen molar-refractivity contribution in [2.75, 3.05) is 13.2 Å². The monoisotopic (exact) mass is 302 g/mol. The lowest BCUT2D eigenvalue weighted by Gasteiger charge is -2.28. The van der Waals surface area contributed by atoms with E-state index < -0.39 is 0 Å². The fraction of sp³-hybridized carbons (Fsp3) is 0.538. The van der Waals surface area contributed by atoms with Gasteiger partial charge in [0.2, 0.25) is 0 Å². The number of carbonyl (C=O) groups excluding carboxylic acids is 1. The number of hydrogen-bond donors (Lipinski definition) is 1. The largest absolute Gasteiger partial charge is 0.381 e. The van der Waals surface area contributed by atoms with Gasteiger partial charge in [-0.25, -0.2) is 4.98 Å². The molecule has 2 rings (SSSR count). The van der Waals surface area contributed by atoms with Crippen molar-refractivity contribution in [2.45, 2.75) is 25.8 Å². The van der Waals surface area contributed by atoms with Crippen LogP contribution in [-0.4, -0.2) is 30.1 Å². The normalized spacial score (nSPS) is 18.1. The zero-order valence-electron chi connectivity index (χ0n) is 10.7. The fourth-order valence-corrected chi connectivity index (χ4v) is 2.63. The maximum Gasteiger partial charge on any atom is 0.254 e. The summed E-state index contributed by atoms with van der Waals surface area (Å²) in [4.78, 5) is 16.0. The number of hydrogen-bond acceptors (Lipinski definition) is 3. The Labute approximate surface area is 122 Å². The van der Waals surface area contributed by atoms with Crippen molar-refractivity contribution in [1.29, 1.82) is 0 Å². The van der Waals surface area contributed by atoms with Gasteiger partial charge in [0, 0.05) is 19.3 Å². The summed E-state index contributed by atoms with van der Waals surface area (Å²) >= 11 is 11.6. The third-order valence-corrected chi connectivity index (χ3v) is 3.89. The third-order valence-electron chi connectivity index (χ3n) is 3.39. The summed E-state index contributed by atoms with van der Waals surface area (Å²) in [6.07, 6.45) is 1.93. The number of rotatable bonds is 3. The molecule has 1 aromatic heterocycles. The van der Waals surface area contributed by atoms with E-state index in [2.05, 4.69) is 10.3 Å². The number of ether oxygens (including phenoxy) is 1. The van der Waals surface area contributed by atoms with Crippen LogP contribution in [-0.2, 0) is 4.74 Å². The molecule has 1 aliphatic rings. The molecule has 0 saturated carbocycles. The fourth-order valence-electron chi connectivity index (χ4n) is 2.20.